The molecule has 0 radical (unpaired) electrons. The molecule has 1 saturated heterocycles. The van der Waals surface area contributed by atoms with E-state index in [1.54, 1.807) is 0 Å². The zero-order valence-electron chi connectivity index (χ0n) is 7.88. The second kappa shape index (κ2) is 4.37. The van der Waals surface area contributed by atoms with Crippen LogP contribution in [0.1, 0.15) is 26.2 Å². The number of Topliss-reactive ketones (excluding diaryl/α,β-unsaturated/α-hetero) is 1. The van der Waals surface area contributed by atoms with E-state index in [0.717, 1.165) is 13.0 Å². The van der Waals surface area contributed by atoms with Crippen molar-refractivity contribution in [2.24, 2.45) is 11.7 Å². The second-order valence-corrected chi connectivity index (χ2v) is 3.60. The van der Waals surface area contributed by atoms with E-state index < -0.39 is 0 Å². The molecule has 1 rings (SSSR count). The topological polar surface area (TPSA) is 72.2 Å². The molecule has 13 heavy (non-hydrogen) atoms. The number of carbonyl (C=O) groups is 2. The number of carbonyl (C=O) groups excluding carboxylic acids is 2. The number of nitrogens with one attached hydrogen (secondary N) is 1. The summed E-state index contributed by atoms with van der Waals surface area (Å²) >= 11 is 0. The number of amides is 1. The van der Waals surface area contributed by atoms with Crippen molar-refractivity contribution in [3.05, 3.63) is 0 Å². The Hall–Kier alpha value is -0.900. The normalized spacial score (nSPS) is 28.8. The van der Waals surface area contributed by atoms with Crippen molar-refractivity contribution in [3.8, 4) is 0 Å². The molecule has 3 N–H and O–H groups in total. The van der Waals surface area contributed by atoms with Gasteiger partial charge in [-0.1, -0.05) is 6.92 Å². The Morgan fingerprint density at radius 3 is 3.00 bits per heavy atom. The molecule has 0 bridgehead atoms. The van der Waals surface area contributed by atoms with Crippen LogP contribution in [0.3, 0.4) is 0 Å². The predicted octanol–water partition coefficient (Wildman–Crippen LogP) is -0.181. The van der Waals surface area contributed by atoms with Gasteiger partial charge in [-0.25, -0.2) is 0 Å². The molecule has 4 heteroatoms. The van der Waals surface area contributed by atoms with Gasteiger partial charge in [0.15, 0.2) is 5.78 Å². The summed E-state index contributed by atoms with van der Waals surface area (Å²) in [4.78, 5) is 22.0. The molecule has 0 saturated carbocycles. The van der Waals surface area contributed by atoms with Gasteiger partial charge in [0.1, 0.15) is 0 Å². The minimum Gasteiger partial charge on any atom is -0.370 e. The molecule has 1 amide bonds. The minimum atomic E-state index is -0.340. The number of hydrogen-bond donors (Lipinski definition) is 2. The van der Waals surface area contributed by atoms with Crippen LogP contribution in [0.25, 0.3) is 0 Å². The number of primary amides is 1. The first kappa shape index (κ1) is 10.2. The lowest BCUT2D eigenvalue weighted by Crippen LogP contribution is -2.46. The molecule has 0 spiro atoms. The average Bonchev–Trinajstić information content (AvgIpc) is 2.07. The van der Waals surface area contributed by atoms with Crippen molar-refractivity contribution in [2.45, 2.75) is 32.2 Å². The summed E-state index contributed by atoms with van der Waals surface area (Å²) in [7, 11) is 0. The van der Waals surface area contributed by atoms with E-state index >= 15 is 0 Å². The van der Waals surface area contributed by atoms with E-state index in [1.165, 1.54) is 0 Å². The highest BCUT2D eigenvalue weighted by Gasteiger charge is 2.27. The van der Waals surface area contributed by atoms with Gasteiger partial charge in [0.05, 0.1) is 6.04 Å². The Morgan fingerprint density at radius 1 is 1.69 bits per heavy atom. The first-order valence-corrected chi connectivity index (χ1v) is 4.66. The Balaban J connectivity index is 2.40. The van der Waals surface area contributed by atoms with Crippen LogP contribution in [0.15, 0.2) is 0 Å². The van der Waals surface area contributed by atoms with Crippen LogP contribution >= 0.6 is 0 Å². The van der Waals surface area contributed by atoms with Crippen LogP contribution in [0.4, 0.5) is 0 Å². The van der Waals surface area contributed by atoms with E-state index in [-0.39, 0.29) is 30.1 Å². The molecule has 0 aromatic carbocycles. The van der Waals surface area contributed by atoms with Crippen molar-refractivity contribution < 1.29 is 9.59 Å². The van der Waals surface area contributed by atoms with Gasteiger partial charge in [0, 0.05) is 12.3 Å². The lowest BCUT2D eigenvalue weighted by atomic mass is 9.90. The molecule has 0 aliphatic carbocycles. The fraction of sp³-hybridized carbons (Fsp3) is 0.778. The van der Waals surface area contributed by atoms with Crippen LogP contribution in [-0.4, -0.2) is 24.3 Å². The fourth-order valence-electron chi connectivity index (χ4n) is 1.59. The Morgan fingerprint density at radius 2 is 2.38 bits per heavy atom. The summed E-state index contributed by atoms with van der Waals surface area (Å²) in [6.45, 7) is 2.79. The van der Waals surface area contributed by atoms with Crippen LogP contribution in [-0.2, 0) is 9.59 Å². The average molecular weight is 184 g/mol. The number of nitrogens with two attached hydrogens (primary N) is 1. The van der Waals surface area contributed by atoms with Crippen molar-refractivity contribution in [3.63, 3.8) is 0 Å². The van der Waals surface area contributed by atoms with Gasteiger partial charge in [-0.2, -0.15) is 0 Å². The van der Waals surface area contributed by atoms with Crippen LogP contribution in [0.5, 0.6) is 0 Å². The fourth-order valence-corrected chi connectivity index (χ4v) is 1.59. The molecule has 0 aromatic heterocycles. The van der Waals surface area contributed by atoms with Gasteiger partial charge in [0.2, 0.25) is 5.91 Å². The number of hydrogen-bond acceptors (Lipinski definition) is 3. The zero-order chi connectivity index (χ0) is 9.84. The highest BCUT2D eigenvalue weighted by molar-refractivity contribution is 5.87. The molecule has 1 fully saturated rings. The minimum absolute atomic E-state index is 0.124. The highest BCUT2D eigenvalue weighted by Crippen LogP contribution is 2.14. The third-order valence-corrected chi connectivity index (χ3v) is 2.48. The van der Waals surface area contributed by atoms with Gasteiger partial charge in [-0.3, -0.25) is 9.59 Å². The lowest BCUT2D eigenvalue weighted by molar-refractivity contribution is -0.126. The van der Waals surface area contributed by atoms with Crippen LogP contribution < -0.4 is 11.1 Å². The summed E-state index contributed by atoms with van der Waals surface area (Å²) in [6, 6.07) is -0.156. The van der Waals surface area contributed by atoms with E-state index in [4.69, 9.17) is 5.73 Å². The standard InChI is InChI=1S/C9H16N2O2/c1-6-4-5-11-7(9(6)13)2-3-8(10)12/h6-7,11H,2-5H2,1H3,(H2,10,12). The number of rotatable bonds is 3. The third kappa shape index (κ3) is 2.81. The highest BCUT2D eigenvalue weighted by atomic mass is 16.1. The molecule has 1 aliphatic heterocycles. The molecule has 74 valence electrons. The van der Waals surface area contributed by atoms with Crippen molar-refractivity contribution in [1.82, 2.24) is 5.32 Å². The molecule has 4 nitrogen and oxygen atoms in total. The smallest absolute Gasteiger partial charge is 0.217 e. The molecule has 2 atom stereocenters. The van der Waals surface area contributed by atoms with Gasteiger partial charge in [-0.15, -0.1) is 0 Å². The van der Waals surface area contributed by atoms with Gasteiger partial charge < -0.3 is 11.1 Å². The Kier molecular flexibility index (Phi) is 3.42. The molecule has 1 heterocycles. The number of piperidine rings is 1. The molecule has 1 aliphatic rings. The summed E-state index contributed by atoms with van der Waals surface area (Å²) in [5.74, 6) is -0.000506. The zero-order valence-corrected chi connectivity index (χ0v) is 7.88. The van der Waals surface area contributed by atoms with Gasteiger partial charge >= 0.3 is 0 Å². The monoisotopic (exact) mass is 184 g/mol. The maximum atomic E-state index is 11.5. The quantitative estimate of drug-likeness (QED) is 0.639. The first-order chi connectivity index (χ1) is 6.11. The first-order valence-electron chi connectivity index (χ1n) is 4.66. The molecule has 2 unspecified atom stereocenters. The van der Waals surface area contributed by atoms with Crippen molar-refractivity contribution in [2.75, 3.05) is 6.54 Å². The molecular weight excluding hydrogens is 168 g/mol. The summed E-state index contributed by atoms with van der Waals surface area (Å²) < 4.78 is 0. The summed E-state index contributed by atoms with van der Waals surface area (Å²) in [6.07, 6.45) is 1.72. The van der Waals surface area contributed by atoms with Gasteiger partial charge in [0.25, 0.3) is 0 Å². The van der Waals surface area contributed by atoms with Crippen LogP contribution in [0.2, 0.25) is 0 Å². The Labute approximate surface area is 77.9 Å². The maximum Gasteiger partial charge on any atom is 0.217 e. The summed E-state index contributed by atoms with van der Waals surface area (Å²) in [5, 5.41) is 3.10. The van der Waals surface area contributed by atoms with E-state index in [2.05, 4.69) is 5.32 Å². The van der Waals surface area contributed by atoms with Gasteiger partial charge in [-0.05, 0) is 19.4 Å². The molecular formula is C9H16N2O2. The van der Waals surface area contributed by atoms with Crippen LogP contribution in [0, 0.1) is 5.92 Å². The maximum absolute atomic E-state index is 11.5. The predicted molar refractivity (Wildman–Crippen MR) is 49.0 cm³/mol. The SMILES string of the molecule is CC1CCNC(CCC(N)=O)C1=O. The lowest BCUT2D eigenvalue weighted by Gasteiger charge is -2.26. The third-order valence-electron chi connectivity index (χ3n) is 2.48. The summed E-state index contributed by atoms with van der Waals surface area (Å²) in [5.41, 5.74) is 5.01. The number of ketones is 1. The van der Waals surface area contributed by atoms with E-state index in [0.29, 0.717) is 6.42 Å². The van der Waals surface area contributed by atoms with Crippen molar-refractivity contribution in [1.29, 1.82) is 0 Å². The Bertz CT molecular complexity index is 216. The second-order valence-electron chi connectivity index (χ2n) is 3.60. The molecule has 0 aromatic rings. The van der Waals surface area contributed by atoms with Crippen molar-refractivity contribution >= 4 is 11.7 Å². The largest absolute Gasteiger partial charge is 0.370 e. The van der Waals surface area contributed by atoms with E-state index in [9.17, 15) is 9.59 Å². The van der Waals surface area contributed by atoms with E-state index in [1.807, 2.05) is 6.92 Å².